The van der Waals surface area contributed by atoms with Crippen molar-refractivity contribution in [1.29, 1.82) is 5.41 Å². The van der Waals surface area contributed by atoms with Crippen LogP contribution in [0.5, 0.6) is 0 Å². The van der Waals surface area contributed by atoms with Gasteiger partial charge in [0, 0.05) is 0 Å². The molecule has 0 radical (unpaired) electrons. The molecule has 0 saturated heterocycles. The highest BCUT2D eigenvalue weighted by molar-refractivity contribution is 7.54. The summed E-state index contributed by atoms with van der Waals surface area (Å²) in [7, 11) is 0. The van der Waals surface area contributed by atoms with Gasteiger partial charge in [0.05, 0.1) is 6.54 Å². The molecular formula is C3H6N2O2S. The molecule has 46 valence electrons. The summed E-state index contributed by atoms with van der Waals surface area (Å²) in [4.78, 5) is 0. The Bertz CT molecular complexity index is 110. The average molecular weight is 134 g/mol. The van der Waals surface area contributed by atoms with Gasteiger partial charge in [-0.3, -0.25) is 5.41 Å². The quantitative estimate of drug-likeness (QED) is 0.334. The van der Waals surface area contributed by atoms with E-state index in [2.05, 4.69) is 9.10 Å². The highest BCUT2D eigenvalue weighted by Gasteiger charge is 1.76. The molecule has 0 amide bonds. The highest BCUT2D eigenvalue weighted by Crippen LogP contribution is 1.68. The fraction of sp³-hybridized carbons (Fsp3) is 0.667. The third-order valence-corrected chi connectivity index (χ3v) is 0.724. The molecule has 0 aliphatic carbocycles. The Hall–Kier alpha value is -0.710. The van der Waals surface area contributed by atoms with Crippen LogP contribution in [-0.4, -0.2) is 23.8 Å². The summed E-state index contributed by atoms with van der Waals surface area (Å²) in [5.41, 5.74) is 0. The van der Waals surface area contributed by atoms with Crippen molar-refractivity contribution in [1.82, 2.24) is 0 Å². The number of nitrogens with zero attached hydrogens (tertiary/aromatic N) is 1. The first-order chi connectivity index (χ1) is 3.91. The van der Waals surface area contributed by atoms with Gasteiger partial charge in [-0.2, -0.15) is 8.57 Å². The van der Waals surface area contributed by atoms with E-state index in [0.29, 0.717) is 13.2 Å². The van der Waals surface area contributed by atoms with Crippen molar-refractivity contribution in [3.63, 3.8) is 0 Å². The van der Waals surface area contributed by atoms with Crippen molar-refractivity contribution < 1.29 is 8.95 Å². The minimum atomic E-state index is 0.172. The zero-order valence-electron chi connectivity index (χ0n) is 4.16. The van der Waals surface area contributed by atoms with Gasteiger partial charge in [-0.15, -0.1) is 0 Å². The van der Waals surface area contributed by atoms with Crippen molar-refractivity contribution in [2.75, 3.05) is 13.2 Å². The number of hydrogen-bond acceptors (Lipinski definition) is 4. The fourth-order valence-electron chi connectivity index (χ4n) is 0.186. The molecule has 0 rings (SSSR count). The fourth-order valence-corrected chi connectivity index (χ4v) is 0.335. The van der Waals surface area contributed by atoms with E-state index in [1.807, 2.05) is 0 Å². The number of nitrogens with one attached hydrogen (secondary N) is 1. The van der Waals surface area contributed by atoms with Crippen molar-refractivity contribution in [3.8, 4) is 0 Å². The molecular weight excluding hydrogens is 128 g/mol. The van der Waals surface area contributed by atoms with Gasteiger partial charge in [-0.05, 0) is 0 Å². The molecule has 0 aromatic carbocycles. The lowest BCUT2D eigenvalue weighted by Gasteiger charge is -1.88. The van der Waals surface area contributed by atoms with Crippen LogP contribution < -0.4 is 0 Å². The zero-order valence-corrected chi connectivity index (χ0v) is 4.98. The third-order valence-electron chi connectivity index (χ3n) is 0.436. The van der Waals surface area contributed by atoms with Crippen LogP contribution >= 0.6 is 0 Å². The molecule has 0 aromatic heterocycles. The van der Waals surface area contributed by atoms with E-state index in [0.717, 1.165) is 6.40 Å². The lowest BCUT2D eigenvalue weighted by molar-refractivity contribution is 0.330. The third kappa shape index (κ3) is 5.29. The van der Waals surface area contributed by atoms with E-state index in [1.54, 1.807) is 0 Å². The van der Waals surface area contributed by atoms with Gasteiger partial charge < -0.3 is 4.74 Å². The molecule has 0 unspecified atom stereocenters. The maximum atomic E-state index is 9.53. The van der Waals surface area contributed by atoms with Crippen LogP contribution in [0.3, 0.4) is 0 Å². The van der Waals surface area contributed by atoms with E-state index in [4.69, 9.17) is 5.41 Å². The minimum Gasteiger partial charge on any atom is -0.482 e. The Balaban J connectivity index is 2.93. The summed E-state index contributed by atoms with van der Waals surface area (Å²) in [6.45, 7) is 0.669. The van der Waals surface area contributed by atoms with E-state index < -0.39 is 0 Å². The Labute approximate surface area is 50.6 Å². The Kier molecular flexibility index (Phi) is 5.73. The van der Waals surface area contributed by atoms with Gasteiger partial charge in [0.15, 0.2) is 17.9 Å². The first-order valence-electron chi connectivity index (χ1n) is 1.98. The van der Waals surface area contributed by atoms with Crippen LogP contribution in [-0.2, 0) is 16.2 Å². The van der Waals surface area contributed by atoms with E-state index in [9.17, 15) is 4.21 Å². The molecule has 0 spiro atoms. The summed E-state index contributed by atoms with van der Waals surface area (Å²) in [6, 6.07) is 0. The summed E-state index contributed by atoms with van der Waals surface area (Å²) < 4.78 is 17.3. The molecule has 0 heterocycles. The van der Waals surface area contributed by atoms with Crippen LogP contribution in [0.25, 0.3) is 0 Å². The Morgan fingerprint density at radius 2 is 2.62 bits per heavy atom. The van der Waals surface area contributed by atoms with Crippen molar-refractivity contribution in [3.05, 3.63) is 0 Å². The largest absolute Gasteiger partial charge is 0.482 e. The van der Waals surface area contributed by atoms with Crippen molar-refractivity contribution in [2.45, 2.75) is 0 Å². The van der Waals surface area contributed by atoms with E-state index in [1.165, 1.54) is 0 Å². The van der Waals surface area contributed by atoms with Gasteiger partial charge in [0.25, 0.3) is 0 Å². The summed E-state index contributed by atoms with van der Waals surface area (Å²) >= 11 is 0.172. The first-order valence-corrected chi connectivity index (χ1v) is 2.68. The van der Waals surface area contributed by atoms with Gasteiger partial charge in [0.1, 0.15) is 6.61 Å². The van der Waals surface area contributed by atoms with Crippen LogP contribution in [0.1, 0.15) is 0 Å². The molecule has 0 aliphatic rings. The molecule has 0 fully saturated rings. The summed E-state index contributed by atoms with van der Waals surface area (Å²) in [5, 5.41) is 6.36. The van der Waals surface area contributed by atoms with Crippen molar-refractivity contribution in [2.24, 2.45) is 4.36 Å². The second-order valence-electron chi connectivity index (χ2n) is 0.916. The maximum absolute atomic E-state index is 9.53. The standard InChI is InChI=1S/C3H6N2O2S/c4-3-7-2-1-5-8-6/h3-4H,1-2H2. The monoisotopic (exact) mass is 134 g/mol. The van der Waals surface area contributed by atoms with E-state index in [-0.39, 0.29) is 11.5 Å². The zero-order chi connectivity index (χ0) is 6.24. The van der Waals surface area contributed by atoms with E-state index >= 15 is 0 Å². The van der Waals surface area contributed by atoms with Crippen LogP contribution in [0, 0.1) is 5.41 Å². The predicted octanol–water partition coefficient (Wildman–Crippen LogP) is 0.00667. The lowest BCUT2D eigenvalue weighted by atomic mass is 10.7. The first kappa shape index (κ1) is 7.29. The second kappa shape index (κ2) is 6.29. The van der Waals surface area contributed by atoms with Crippen LogP contribution in [0.15, 0.2) is 4.36 Å². The van der Waals surface area contributed by atoms with Crippen LogP contribution in [0.2, 0.25) is 0 Å². The Morgan fingerprint density at radius 1 is 1.88 bits per heavy atom. The lowest BCUT2D eigenvalue weighted by Crippen LogP contribution is -1.93. The molecule has 0 saturated carbocycles. The molecule has 1 N–H and O–H groups in total. The molecule has 0 atom stereocenters. The van der Waals surface area contributed by atoms with Gasteiger partial charge in [-0.1, -0.05) is 0 Å². The molecule has 5 heteroatoms. The maximum Gasteiger partial charge on any atom is 0.199 e. The molecule has 8 heavy (non-hydrogen) atoms. The SMILES string of the molecule is N=COCCN=S=O. The average Bonchev–Trinajstić information content (AvgIpc) is 1.81. The minimum absolute atomic E-state index is 0.172. The normalized spacial score (nSPS) is 7.50. The smallest absolute Gasteiger partial charge is 0.199 e. The van der Waals surface area contributed by atoms with Crippen LogP contribution in [0.4, 0.5) is 0 Å². The molecule has 4 nitrogen and oxygen atoms in total. The predicted molar refractivity (Wildman–Crippen MR) is 30.2 cm³/mol. The number of rotatable bonds is 4. The van der Waals surface area contributed by atoms with Gasteiger partial charge >= 0.3 is 0 Å². The highest BCUT2D eigenvalue weighted by atomic mass is 32.1. The molecule has 0 aromatic rings. The topological polar surface area (TPSA) is 62.5 Å². The second-order valence-corrected chi connectivity index (χ2v) is 1.32. The summed E-state index contributed by atoms with van der Waals surface area (Å²) in [6.07, 6.45) is 0.824. The summed E-state index contributed by atoms with van der Waals surface area (Å²) in [5.74, 6) is 0. The van der Waals surface area contributed by atoms with Crippen molar-refractivity contribution >= 4 is 17.9 Å². The van der Waals surface area contributed by atoms with Gasteiger partial charge in [0.2, 0.25) is 0 Å². The number of hydrogen-bond donors (Lipinski definition) is 1. The van der Waals surface area contributed by atoms with Gasteiger partial charge in [-0.25, -0.2) is 0 Å². The number of ether oxygens (including phenoxy) is 1. The Morgan fingerprint density at radius 3 is 3.12 bits per heavy atom. The molecule has 0 bridgehead atoms. The molecule has 0 aliphatic heterocycles.